The Labute approximate surface area is 100 Å². The molecule has 1 atom stereocenters. The molecular formula is C11H20F2O2S. The molecule has 16 heavy (non-hydrogen) atoms. The Balaban J connectivity index is 3.99. The van der Waals surface area contributed by atoms with Crippen LogP contribution in [0, 0.1) is 0 Å². The van der Waals surface area contributed by atoms with Crippen molar-refractivity contribution in [3.8, 4) is 0 Å². The summed E-state index contributed by atoms with van der Waals surface area (Å²) in [6.45, 7) is 5.53. The van der Waals surface area contributed by atoms with Gasteiger partial charge in [-0.15, -0.1) is 11.8 Å². The van der Waals surface area contributed by atoms with E-state index in [0.717, 1.165) is 6.42 Å². The van der Waals surface area contributed by atoms with Gasteiger partial charge in [0.15, 0.2) is 0 Å². The number of esters is 1. The van der Waals surface area contributed by atoms with E-state index in [-0.39, 0.29) is 23.7 Å². The average Bonchev–Trinajstić information content (AvgIpc) is 2.14. The highest BCUT2D eigenvalue weighted by molar-refractivity contribution is 8.00. The van der Waals surface area contributed by atoms with Gasteiger partial charge >= 0.3 is 5.97 Å². The summed E-state index contributed by atoms with van der Waals surface area (Å²) in [5.74, 6) is 0.0197. The van der Waals surface area contributed by atoms with Gasteiger partial charge in [0.25, 0.3) is 0 Å². The van der Waals surface area contributed by atoms with Gasteiger partial charge in [0.05, 0.1) is 6.10 Å². The predicted octanol–water partition coefficient (Wildman–Crippen LogP) is 3.50. The van der Waals surface area contributed by atoms with Gasteiger partial charge in [-0.1, -0.05) is 13.3 Å². The summed E-state index contributed by atoms with van der Waals surface area (Å²) in [5, 5.41) is -0.300. The predicted molar refractivity (Wildman–Crippen MR) is 63.0 cm³/mol. The van der Waals surface area contributed by atoms with Gasteiger partial charge < -0.3 is 4.74 Å². The van der Waals surface area contributed by atoms with Crippen LogP contribution >= 0.6 is 11.8 Å². The van der Waals surface area contributed by atoms with Gasteiger partial charge in [0, 0.05) is 6.42 Å². The summed E-state index contributed by atoms with van der Waals surface area (Å²) >= 11 is 1.27. The van der Waals surface area contributed by atoms with E-state index >= 15 is 0 Å². The van der Waals surface area contributed by atoms with Crippen LogP contribution in [0.15, 0.2) is 0 Å². The minimum absolute atomic E-state index is 0.150. The Kier molecular flexibility index (Phi) is 8.61. The van der Waals surface area contributed by atoms with Crippen molar-refractivity contribution in [1.82, 2.24) is 0 Å². The van der Waals surface area contributed by atoms with Gasteiger partial charge in [-0.3, -0.25) is 4.79 Å². The lowest BCUT2D eigenvalue weighted by Crippen LogP contribution is -2.23. The van der Waals surface area contributed by atoms with Crippen LogP contribution in [0.2, 0.25) is 0 Å². The van der Waals surface area contributed by atoms with Crippen molar-refractivity contribution in [2.45, 2.75) is 57.8 Å². The van der Waals surface area contributed by atoms with Gasteiger partial charge in [-0.05, 0) is 26.0 Å². The van der Waals surface area contributed by atoms with E-state index in [1.807, 2.05) is 6.92 Å². The van der Waals surface area contributed by atoms with Gasteiger partial charge in [-0.25, -0.2) is 8.78 Å². The van der Waals surface area contributed by atoms with Crippen molar-refractivity contribution in [2.75, 3.05) is 5.75 Å². The SMILES string of the molecule is CCCC(SCCC(F)F)C(=O)OC(C)C. The first-order valence-corrected chi connectivity index (χ1v) is 6.62. The Morgan fingerprint density at radius 3 is 2.38 bits per heavy atom. The first-order valence-electron chi connectivity index (χ1n) is 5.57. The number of alkyl halides is 2. The maximum Gasteiger partial charge on any atom is 0.319 e. The zero-order chi connectivity index (χ0) is 12.6. The van der Waals surface area contributed by atoms with E-state index in [1.54, 1.807) is 13.8 Å². The second-order valence-corrected chi connectivity index (χ2v) is 5.12. The van der Waals surface area contributed by atoms with E-state index in [9.17, 15) is 13.6 Å². The molecule has 0 radical (unpaired) electrons. The highest BCUT2D eigenvalue weighted by atomic mass is 32.2. The van der Waals surface area contributed by atoms with E-state index in [1.165, 1.54) is 11.8 Å². The van der Waals surface area contributed by atoms with Crippen LogP contribution in [0.1, 0.15) is 40.0 Å². The standard InChI is InChI=1S/C11H20F2O2S/c1-4-5-9(11(14)15-8(2)3)16-7-6-10(12)13/h8-10H,4-7H2,1-3H3. The quantitative estimate of drug-likeness (QED) is 0.620. The summed E-state index contributed by atoms with van der Waals surface area (Å²) in [6, 6.07) is 0. The fraction of sp³-hybridized carbons (Fsp3) is 0.909. The number of thioether (sulfide) groups is 1. The number of carbonyl (C=O) groups is 1. The lowest BCUT2D eigenvalue weighted by atomic mass is 10.2. The number of rotatable bonds is 8. The molecule has 96 valence electrons. The molecule has 5 heteroatoms. The highest BCUT2D eigenvalue weighted by Gasteiger charge is 2.21. The molecule has 0 rings (SSSR count). The molecule has 0 aliphatic rings. The van der Waals surface area contributed by atoms with Gasteiger partial charge in [0.1, 0.15) is 5.25 Å². The Morgan fingerprint density at radius 1 is 1.31 bits per heavy atom. The zero-order valence-electron chi connectivity index (χ0n) is 10.0. The van der Waals surface area contributed by atoms with Crippen LogP contribution in [0.4, 0.5) is 8.78 Å². The van der Waals surface area contributed by atoms with Crippen LogP contribution in [-0.4, -0.2) is 29.5 Å². The molecule has 1 unspecified atom stereocenters. The molecule has 0 saturated carbocycles. The summed E-state index contributed by atoms with van der Waals surface area (Å²) in [5.41, 5.74) is 0. The number of hydrogen-bond acceptors (Lipinski definition) is 3. The number of ether oxygens (including phenoxy) is 1. The highest BCUT2D eigenvalue weighted by Crippen LogP contribution is 2.20. The minimum Gasteiger partial charge on any atom is -0.462 e. The lowest BCUT2D eigenvalue weighted by molar-refractivity contribution is -0.146. The molecule has 2 nitrogen and oxygen atoms in total. The number of halogens is 2. The van der Waals surface area contributed by atoms with Crippen molar-refractivity contribution >= 4 is 17.7 Å². The molecule has 0 aromatic rings. The molecule has 0 bridgehead atoms. The van der Waals surface area contributed by atoms with E-state index in [0.29, 0.717) is 12.2 Å². The van der Waals surface area contributed by atoms with Crippen LogP contribution in [0.25, 0.3) is 0 Å². The molecular weight excluding hydrogens is 234 g/mol. The fourth-order valence-electron chi connectivity index (χ4n) is 1.14. The smallest absolute Gasteiger partial charge is 0.319 e. The van der Waals surface area contributed by atoms with Gasteiger partial charge in [0.2, 0.25) is 6.43 Å². The topological polar surface area (TPSA) is 26.3 Å². The van der Waals surface area contributed by atoms with Crippen LogP contribution in [0.5, 0.6) is 0 Å². The summed E-state index contributed by atoms with van der Waals surface area (Å²) in [6.07, 6.45) is -1.09. The van der Waals surface area contributed by atoms with Crippen molar-refractivity contribution < 1.29 is 18.3 Å². The number of hydrogen-bond donors (Lipinski definition) is 0. The van der Waals surface area contributed by atoms with Crippen molar-refractivity contribution in [3.05, 3.63) is 0 Å². The Bertz CT molecular complexity index is 198. The lowest BCUT2D eigenvalue weighted by Gasteiger charge is -2.16. The van der Waals surface area contributed by atoms with Crippen LogP contribution in [-0.2, 0) is 9.53 Å². The fourth-order valence-corrected chi connectivity index (χ4v) is 2.33. The third kappa shape index (κ3) is 7.91. The van der Waals surface area contributed by atoms with E-state index < -0.39 is 6.43 Å². The van der Waals surface area contributed by atoms with Crippen LogP contribution < -0.4 is 0 Å². The normalized spacial score (nSPS) is 13.2. The molecule has 0 aromatic carbocycles. The van der Waals surface area contributed by atoms with E-state index in [2.05, 4.69) is 0 Å². The molecule has 0 fully saturated rings. The maximum absolute atomic E-state index is 12.0. The summed E-state index contributed by atoms with van der Waals surface area (Å²) < 4.78 is 29.0. The number of carbonyl (C=O) groups excluding carboxylic acids is 1. The molecule has 0 aliphatic heterocycles. The molecule has 0 heterocycles. The minimum atomic E-state index is -2.30. The molecule has 0 saturated heterocycles. The first kappa shape index (κ1) is 15.7. The van der Waals surface area contributed by atoms with E-state index in [4.69, 9.17) is 4.74 Å². The van der Waals surface area contributed by atoms with Crippen molar-refractivity contribution in [1.29, 1.82) is 0 Å². The first-order chi connectivity index (χ1) is 7.47. The maximum atomic E-state index is 12.0. The van der Waals surface area contributed by atoms with Gasteiger partial charge in [-0.2, -0.15) is 0 Å². The molecule has 0 spiro atoms. The van der Waals surface area contributed by atoms with Crippen molar-refractivity contribution in [2.24, 2.45) is 0 Å². The second-order valence-electron chi connectivity index (χ2n) is 3.81. The largest absolute Gasteiger partial charge is 0.462 e. The summed E-state index contributed by atoms with van der Waals surface area (Å²) in [4.78, 5) is 11.6. The molecule has 0 aliphatic carbocycles. The average molecular weight is 254 g/mol. The van der Waals surface area contributed by atoms with Crippen molar-refractivity contribution in [3.63, 3.8) is 0 Å². The second kappa shape index (κ2) is 8.79. The molecule has 0 amide bonds. The third-order valence-corrected chi connectivity index (χ3v) is 3.12. The molecule has 0 N–H and O–H groups in total. The third-order valence-electron chi connectivity index (χ3n) is 1.82. The Morgan fingerprint density at radius 2 is 1.94 bits per heavy atom. The summed E-state index contributed by atoms with van der Waals surface area (Å²) in [7, 11) is 0. The Hall–Kier alpha value is -0.320. The molecule has 0 aromatic heterocycles. The van der Waals surface area contributed by atoms with Crippen LogP contribution in [0.3, 0.4) is 0 Å². The zero-order valence-corrected chi connectivity index (χ0v) is 10.9. The monoisotopic (exact) mass is 254 g/mol.